The standard InChI is InChI=1S/C33H44/c1-7-11-13-18-28(10-4)33-25-32(30-20-15-17-26(5)23-30)24-31(22-21-27(33)6)29(16-9-3)19-14-12-8-2/h7-8,11-20,23,25,28,31H,9-10,21-22,24H2,1-6H3. The van der Waals surface area contributed by atoms with Crippen molar-refractivity contribution in [3.63, 3.8) is 0 Å². The van der Waals surface area contributed by atoms with Crippen molar-refractivity contribution < 1.29 is 0 Å². The summed E-state index contributed by atoms with van der Waals surface area (Å²) in [6, 6.07) is 9.05. The summed E-state index contributed by atoms with van der Waals surface area (Å²) in [6.45, 7) is 13.3. The molecule has 0 amide bonds. The van der Waals surface area contributed by atoms with E-state index < -0.39 is 0 Å². The number of rotatable bonds is 9. The van der Waals surface area contributed by atoms with Crippen LogP contribution in [0.15, 0.2) is 102 Å². The fourth-order valence-electron chi connectivity index (χ4n) is 4.68. The summed E-state index contributed by atoms with van der Waals surface area (Å²) in [5.41, 5.74) is 8.69. The third kappa shape index (κ3) is 8.35. The van der Waals surface area contributed by atoms with Crippen molar-refractivity contribution in [2.75, 3.05) is 0 Å². The lowest BCUT2D eigenvalue weighted by Gasteiger charge is -2.27. The molecule has 0 spiro atoms. The Kier molecular flexibility index (Phi) is 11.7. The third-order valence-electron chi connectivity index (χ3n) is 6.54. The number of benzene rings is 1. The molecule has 0 aromatic heterocycles. The Morgan fingerprint density at radius 3 is 2.45 bits per heavy atom. The molecule has 2 rings (SSSR count). The molecular formula is C33H44. The van der Waals surface area contributed by atoms with Crippen LogP contribution in [0.3, 0.4) is 0 Å². The summed E-state index contributed by atoms with van der Waals surface area (Å²) in [5, 5.41) is 0. The zero-order valence-corrected chi connectivity index (χ0v) is 21.8. The van der Waals surface area contributed by atoms with Crippen LogP contribution in [0.25, 0.3) is 5.57 Å². The maximum Gasteiger partial charge on any atom is 0.00180 e. The van der Waals surface area contributed by atoms with Gasteiger partial charge in [-0.1, -0.05) is 110 Å². The Morgan fingerprint density at radius 2 is 1.79 bits per heavy atom. The first-order valence-electron chi connectivity index (χ1n) is 12.8. The molecule has 1 aliphatic rings. The number of allylic oxidation sites excluding steroid dienone is 14. The molecule has 0 nitrogen and oxygen atoms in total. The summed E-state index contributed by atoms with van der Waals surface area (Å²) in [7, 11) is 0. The molecule has 0 N–H and O–H groups in total. The van der Waals surface area contributed by atoms with Gasteiger partial charge in [0, 0.05) is 5.92 Å². The van der Waals surface area contributed by atoms with E-state index in [1.54, 1.807) is 0 Å². The SMILES string of the molecule is CC=CC=CC(=CCC)C1CCC(C)=C(C(C=CC=CC)CC)C=C(c2cccc(C)c2)C1. The van der Waals surface area contributed by atoms with Gasteiger partial charge in [0.2, 0.25) is 0 Å². The largest absolute Gasteiger partial charge is 0.0877 e. The van der Waals surface area contributed by atoms with Crippen molar-refractivity contribution in [2.24, 2.45) is 11.8 Å². The molecule has 0 radical (unpaired) electrons. The predicted octanol–water partition coefficient (Wildman–Crippen LogP) is 10.1. The summed E-state index contributed by atoms with van der Waals surface area (Å²) < 4.78 is 0. The Morgan fingerprint density at radius 1 is 1.03 bits per heavy atom. The normalized spacial score (nSPS) is 19.6. The molecule has 0 saturated carbocycles. The highest BCUT2D eigenvalue weighted by Gasteiger charge is 2.21. The number of hydrogen-bond donors (Lipinski definition) is 0. The highest BCUT2D eigenvalue weighted by molar-refractivity contribution is 5.70. The predicted molar refractivity (Wildman–Crippen MR) is 149 cm³/mol. The first-order valence-corrected chi connectivity index (χ1v) is 12.8. The second-order valence-corrected chi connectivity index (χ2v) is 9.14. The van der Waals surface area contributed by atoms with Crippen LogP contribution in [0.4, 0.5) is 0 Å². The minimum Gasteiger partial charge on any atom is -0.0877 e. The van der Waals surface area contributed by atoms with Crippen LogP contribution in [0.2, 0.25) is 0 Å². The quantitative estimate of drug-likeness (QED) is 0.335. The highest BCUT2D eigenvalue weighted by atomic mass is 14.3. The van der Waals surface area contributed by atoms with Crippen molar-refractivity contribution >= 4 is 5.57 Å². The monoisotopic (exact) mass is 440 g/mol. The molecule has 1 aliphatic carbocycles. The fraction of sp³-hybridized carbons (Fsp3) is 0.394. The van der Waals surface area contributed by atoms with Gasteiger partial charge in [-0.05, 0) is 88.0 Å². The van der Waals surface area contributed by atoms with Gasteiger partial charge in [0.25, 0.3) is 0 Å². The van der Waals surface area contributed by atoms with Gasteiger partial charge in [-0.2, -0.15) is 0 Å². The van der Waals surface area contributed by atoms with Crippen LogP contribution >= 0.6 is 0 Å². The van der Waals surface area contributed by atoms with Crippen LogP contribution in [-0.2, 0) is 0 Å². The van der Waals surface area contributed by atoms with Crippen molar-refractivity contribution in [3.8, 4) is 0 Å². The maximum atomic E-state index is 2.53. The van der Waals surface area contributed by atoms with E-state index >= 15 is 0 Å². The molecule has 0 heteroatoms. The van der Waals surface area contributed by atoms with Crippen LogP contribution in [0.1, 0.15) is 77.8 Å². The lowest BCUT2D eigenvalue weighted by molar-refractivity contribution is 0.570. The molecular weight excluding hydrogens is 396 g/mol. The van der Waals surface area contributed by atoms with E-state index in [2.05, 4.69) is 127 Å². The zero-order chi connectivity index (χ0) is 24.1. The van der Waals surface area contributed by atoms with E-state index in [1.165, 1.54) is 39.8 Å². The smallest absolute Gasteiger partial charge is 0.00180 e. The second-order valence-electron chi connectivity index (χ2n) is 9.14. The van der Waals surface area contributed by atoms with Crippen LogP contribution in [0.5, 0.6) is 0 Å². The van der Waals surface area contributed by atoms with Gasteiger partial charge >= 0.3 is 0 Å². The molecule has 2 atom stereocenters. The van der Waals surface area contributed by atoms with E-state index in [0.29, 0.717) is 11.8 Å². The van der Waals surface area contributed by atoms with Crippen molar-refractivity contribution in [2.45, 2.75) is 73.6 Å². The first-order chi connectivity index (χ1) is 16.0. The van der Waals surface area contributed by atoms with Crippen LogP contribution in [0, 0.1) is 18.8 Å². The number of hydrogen-bond acceptors (Lipinski definition) is 0. The average molecular weight is 441 g/mol. The van der Waals surface area contributed by atoms with E-state index in [9.17, 15) is 0 Å². The van der Waals surface area contributed by atoms with E-state index in [0.717, 1.165) is 25.7 Å². The molecule has 0 aliphatic heterocycles. The molecule has 33 heavy (non-hydrogen) atoms. The molecule has 0 fully saturated rings. The molecule has 176 valence electrons. The van der Waals surface area contributed by atoms with Gasteiger partial charge in [0.05, 0.1) is 0 Å². The Balaban J connectivity index is 2.56. The summed E-state index contributed by atoms with van der Waals surface area (Å²) in [6.07, 6.45) is 28.2. The zero-order valence-electron chi connectivity index (χ0n) is 21.8. The summed E-state index contributed by atoms with van der Waals surface area (Å²) in [5.74, 6) is 0.992. The third-order valence-corrected chi connectivity index (χ3v) is 6.54. The van der Waals surface area contributed by atoms with Gasteiger partial charge in [0.1, 0.15) is 0 Å². The molecule has 0 saturated heterocycles. The topological polar surface area (TPSA) is 0 Å². The minimum absolute atomic E-state index is 0.456. The minimum atomic E-state index is 0.456. The lowest BCUT2D eigenvalue weighted by atomic mass is 9.78. The van der Waals surface area contributed by atoms with Crippen molar-refractivity contribution in [1.82, 2.24) is 0 Å². The summed E-state index contributed by atoms with van der Waals surface area (Å²) >= 11 is 0. The Labute approximate surface area is 203 Å². The van der Waals surface area contributed by atoms with Crippen molar-refractivity contribution in [1.29, 1.82) is 0 Å². The van der Waals surface area contributed by atoms with E-state index in [1.807, 2.05) is 0 Å². The van der Waals surface area contributed by atoms with Gasteiger partial charge < -0.3 is 0 Å². The van der Waals surface area contributed by atoms with E-state index in [4.69, 9.17) is 0 Å². The highest BCUT2D eigenvalue weighted by Crippen LogP contribution is 2.38. The molecule has 0 heterocycles. The first kappa shape index (κ1) is 26.7. The van der Waals surface area contributed by atoms with Gasteiger partial charge in [-0.25, -0.2) is 0 Å². The second kappa shape index (κ2) is 14.5. The maximum absolute atomic E-state index is 2.53. The molecule has 2 unspecified atom stereocenters. The average Bonchev–Trinajstić information content (AvgIpc) is 2.80. The van der Waals surface area contributed by atoms with Crippen molar-refractivity contribution in [3.05, 3.63) is 113 Å². The molecule has 1 aromatic rings. The Bertz CT molecular complexity index is 956. The Hall–Kier alpha value is -2.60. The van der Waals surface area contributed by atoms with Gasteiger partial charge in [-0.3, -0.25) is 0 Å². The van der Waals surface area contributed by atoms with Crippen LogP contribution < -0.4 is 0 Å². The summed E-state index contributed by atoms with van der Waals surface area (Å²) in [4.78, 5) is 0. The van der Waals surface area contributed by atoms with Gasteiger partial charge in [-0.15, -0.1) is 0 Å². The van der Waals surface area contributed by atoms with Gasteiger partial charge in [0.15, 0.2) is 0 Å². The van der Waals surface area contributed by atoms with E-state index in [-0.39, 0.29) is 0 Å². The number of aryl methyl sites for hydroxylation is 1. The molecule has 1 aromatic carbocycles. The van der Waals surface area contributed by atoms with Crippen LogP contribution in [-0.4, -0.2) is 0 Å². The fourth-order valence-corrected chi connectivity index (χ4v) is 4.68. The molecule has 0 bridgehead atoms. The lowest BCUT2D eigenvalue weighted by Crippen LogP contribution is -2.11.